The molecule has 1 rings (SSSR count). The quantitative estimate of drug-likeness (QED) is 0.832. The van der Waals surface area contributed by atoms with Crippen LogP contribution in [-0.2, 0) is 0 Å². The molecule has 0 fully saturated rings. The van der Waals surface area contributed by atoms with Gasteiger partial charge < -0.3 is 10.5 Å². The van der Waals surface area contributed by atoms with E-state index in [1.54, 1.807) is 0 Å². The number of hydrogen-bond donors (Lipinski definition) is 1. The molecule has 0 radical (unpaired) electrons. The van der Waals surface area contributed by atoms with E-state index in [-0.39, 0.29) is 17.9 Å². The normalized spacial score (nSPS) is 14.4. The molecule has 2 unspecified atom stereocenters. The van der Waals surface area contributed by atoms with Gasteiger partial charge in [0.15, 0.2) is 11.6 Å². The highest BCUT2D eigenvalue weighted by molar-refractivity contribution is 5.25. The van der Waals surface area contributed by atoms with Gasteiger partial charge in [-0.25, -0.2) is 4.39 Å². The lowest BCUT2D eigenvalue weighted by Crippen LogP contribution is -2.38. The van der Waals surface area contributed by atoms with Gasteiger partial charge in [-0.15, -0.1) is 0 Å². The Hall–Kier alpha value is -1.16. The zero-order chi connectivity index (χ0) is 12.8. The lowest BCUT2D eigenvalue weighted by molar-refractivity contribution is 0.153. The molecule has 0 saturated heterocycles. The first-order valence-electron chi connectivity index (χ1n) is 5.96. The molecule has 0 spiro atoms. The van der Waals surface area contributed by atoms with Crippen LogP contribution in [0.15, 0.2) is 18.2 Å². The summed E-state index contributed by atoms with van der Waals surface area (Å²) in [4.78, 5) is 0. The third kappa shape index (κ3) is 3.66. The lowest BCUT2D eigenvalue weighted by atomic mass is 10.0. The number of nitrogens with two attached hydrogens (primary N) is 1. The highest BCUT2D eigenvalue weighted by Crippen LogP contribution is 2.22. The van der Waals surface area contributed by atoms with E-state index in [2.05, 4.69) is 0 Å². The Balaban J connectivity index is 2.77. The van der Waals surface area contributed by atoms with E-state index in [0.29, 0.717) is 6.42 Å². The van der Waals surface area contributed by atoms with Crippen LogP contribution in [0.4, 0.5) is 8.78 Å². The molecule has 2 atom stereocenters. The zero-order valence-electron chi connectivity index (χ0n) is 10.2. The fourth-order valence-corrected chi connectivity index (χ4v) is 1.73. The zero-order valence-corrected chi connectivity index (χ0v) is 10.2. The maximum Gasteiger partial charge on any atom is 0.200 e. The summed E-state index contributed by atoms with van der Waals surface area (Å²) < 4.78 is 31.9. The summed E-state index contributed by atoms with van der Waals surface area (Å²) in [6.07, 6.45) is 2.12. The van der Waals surface area contributed by atoms with Crippen molar-refractivity contribution in [1.82, 2.24) is 0 Å². The van der Waals surface area contributed by atoms with Crippen molar-refractivity contribution in [2.24, 2.45) is 5.73 Å². The van der Waals surface area contributed by atoms with Crippen molar-refractivity contribution >= 4 is 0 Å². The molecule has 4 heteroatoms. The second kappa shape index (κ2) is 6.55. The molecular weight excluding hydrogens is 224 g/mol. The molecule has 0 saturated carbocycles. The van der Waals surface area contributed by atoms with Gasteiger partial charge in [0.1, 0.15) is 6.10 Å². The van der Waals surface area contributed by atoms with Crippen LogP contribution in [0.25, 0.3) is 0 Å². The summed E-state index contributed by atoms with van der Waals surface area (Å²) in [6.45, 7) is 3.94. The smallest absolute Gasteiger partial charge is 0.200 e. The van der Waals surface area contributed by atoms with E-state index in [9.17, 15) is 8.78 Å². The van der Waals surface area contributed by atoms with E-state index in [1.165, 1.54) is 12.1 Å². The highest BCUT2D eigenvalue weighted by Gasteiger charge is 2.19. The molecule has 0 amide bonds. The Morgan fingerprint density at radius 1 is 1.29 bits per heavy atom. The third-order valence-electron chi connectivity index (χ3n) is 2.70. The van der Waals surface area contributed by atoms with Crippen molar-refractivity contribution in [3.8, 4) is 5.75 Å². The standard InChI is InChI=1S/C13H19F2NO/c1-3-6-10(16)11(4-2)17-12-8-5-7-9(14)13(12)15/h5,7-8,10-11H,3-4,6,16H2,1-2H3. The van der Waals surface area contributed by atoms with Gasteiger partial charge >= 0.3 is 0 Å². The van der Waals surface area contributed by atoms with Gasteiger partial charge in [-0.3, -0.25) is 0 Å². The minimum atomic E-state index is -0.949. The molecule has 0 aliphatic carbocycles. The lowest BCUT2D eigenvalue weighted by Gasteiger charge is -2.23. The van der Waals surface area contributed by atoms with Gasteiger partial charge in [0, 0.05) is 6.04 Å². The van der Waals surface area contributed by atoms with Crippen LogP contribution in [0, 0.1) is 11.6 Å². The SMILES string of the molecule is CCCC(N)C(CC)Oc1cccc(F)c1F. The van der Waals surface area contributed by atoms with Gasteiger partial charge in [-0.1, -0.05) is 26.3 Å². The predicted octanol–water partition coefficient (Wildman–Crippen LogP) is 3.25. The van der Waals surface area contributed by atoms with Crippen LogP contribution < -0.4 is 10.5 Å². The minimum Gasteiger partial charge on any atom is -0.486 e. The molecule has 0 aliphatic rings. The van der Waals surface area contributed by atoms with E-state index < -0.39 is 11.6 Å². The number of benzene rings is 1. The Morgan fingerprint density at radius 3 is 2.59 bits per heavy atom. The first-order chi connectivity index (χ1) is 8.10. The number of halogens is 2. The first-order valence-corrected chi connectivity index (χ1v) is 5.96. The van der Waals surface area contributed by atoms with E-state index in [1.807, 2.05) is 13.8 Å². The van der Waals surface area contributed by atoms with E-state index in [0.717, 1.165) is 18.9 Å². The van der Waals surface area contributed by atoms with Crippen molar-refractivity contribution in [1.29, 1.82) is 0 Å². The second-order valence-corrected chi connectivity index (χ2v) is 4.07. The van der Waals surface area contributed by atoms with Crippen LogP contribution in [0.2, 0.25) is 0 Å². The molecule has 0 bridgehead atoms. The summed E-state index contributed by atoms with van der Waals surface area (Å²) >= 11 is 0. The molecule has 96 valence electrons. The largest absolute Gasteiger partial charge is 0.486 e. The summed E-state index contributed by atoms with van der Waals surface area (Å²) in [5, 5.41) is 0. The average Bonchev–Trinajstić information content (AvgIpc) is 2.31. The summed E-state index contributed by atoms with van der Waals surface area (Å²) in [5.74, 6) is -1.92. The Morgan fingerprint density at radius 2 is 2.00 bits per heavy atom. The molecule has 1 aromatic carbocycles. The molecule has 1 aromatic rings. The summed E-state index contributed by atoms with van der Waals surface area (Å²) in [5.41, 5.74) is 5.93. The fraction of sp³-hybridized carbons (Fsp3) is 0.538. The highest BCUT2D eigenvalue weighted by atomic mass is 19.2. The molecule has 2 N–H and O–H groups in total. The Bertz CT molecular complexity index is 357. The average molecular weight is 243 g/mol. The van der Waals surface area contributed by atoms with Gasteiger partial charge in [-0.05, 0) is 25.0 Å². The first kappa shape index (κ1) is 13.9. The van der Waals surface area contributed by atoms with Crippen molar-refractivity contribution in [3.05, 3.63) is 29.8 Å². The fourth-order valence-electron chi connectivity index (χ4n) is 1.73. The maximum absolute atomic E-state index is 13.4. The number of hydrogen-bond acceptors (Lipinski definition) is 2. The second-order valence-electron chi connectivity index (χ2n) is 4.07. The molecule has 0 heterocycles. The van der Waals surface area contributed by atoms with Crippen LogP contribution in [0.1, 0.15) is 33.1 Å². The van der Waals surface area contributed by atoms with Crippen molar-refractivity contribution < 1.29 is 13.5 Å². The van der Waals surface area contributed by atoms with E-state index in [4.69, 9.17) is 10.5 Å². The minimum absolute atomic E-state index is 0.0663. The van der Waals surface area contributed by atoms with Gasteiger partial charge in [0.2, 0.25) is 5.82 Å². The Labute approximate surface area is 101 Å². The van der Waals surface area contributed by atoms with Gasteiger partial charge in [0.05, 0.1) is 0 Å². The third-order valence-corrected chi connectivity index (χ3v) is 2.70. The van der Waals surface area contributed by atoms with Crippen molar-refractivity contribution in [2.75, 3.05) is 0 Å². The summed E-state index contributed by atoms with van der Waals surface area (Å²) in [7, 11) is 0. The van der Waals surface area contributed by atoms with Crippen LogP contribution >= 0.6 is 0 Å². The monoisotopic (exact) mass is 243 g/mol. The molecule has 17 heavy (non-hydrogen) atoms. The van der Waals surface area contributed by atoms with Crippen LogP contribution in [-0.4, -0.2) is 12.1 Å². The van der Waals surface area contributed by atoms with Crippen molar-refractivity contribution in [2.45, 2.75) is 45.3 Å². The predicted molar refractivity (Wildman–Crippen MR) is 63.9 cm³/mol. The topological polar surface area (TPSA) is 35.2 Å². The van der Waals surface area contributed by atoms with E-state index >= 15 is 0 Å². The number of ether oxygens (including phenoxy) is 1. The van der Waals surface area contributed by atoms with Crippen molar-refractivity contribution in [3.63, 3.8) is 0 Å². The maximum atomic E-state index is 13.4. The Kier molecular flexibility index (Phi) is 5.35. The summed E-state index contributed by atoms with van der Waals surface area (Å²) in [6, 6.07) is 3.74. The number of rotatable bonds is 6. The van der Waals surface area contributed by atoms with Crippen LogP contribution in [0.5, 0.6) is 5.75 Å². The van der Waals surface area contributed by atoms with Gasteiger partial charge in [-0.2, -0.15) is 4.39 Å². The molecule has 2 nitrogen and oxygen atoms in total. The van der Waals surface area contributed by atoms with Crippen LogP contribution in [0.3, 0.4) is 0 Å². The van der Waals surface area contributed by atoms with Gasteiger partial charge in [0.25, 0.3) is 0 Å². The molecule has 0 aliphatic heterocycles. The molecular formula is C13H19F2NO. The molecule has 0 aromatic heterocycles.